The molecular weight excluding hydrogens is 463 g/mol. The van der Waals surface area contributed by atoms with Crippen molar-refractivity contribution in [1.82, 2.24) is 9.78 Å². The number of aliphatic carboxylic acids is 1. The first-order valence-electron chi connectivity index (χ1n) is 12.1. The number of fused-ring (bicyclic) bond motifs is 1. The van der Waals surface area contributed by atoms with Crippen LogP contribution < -0.4 is 9.84 Å². The normalized spacial score (nSPS) is 17.1. The van der Waals surface area contributed by atoms with Gasteiger partial charge < -0.3 is 24.9 Å². The summed E-state index contributed by atoms with van der Waals surface area (Å²) in [6.45, 7) is 0. The number of benzene rings is 2. The molecule has 1 aliphatic carbocycles. The number of hydrogen-bond donors (Lipinski definition) is 2. The second-order valence-electron chi connectivity index (χ2n) is 9.17. The number of aromatic nitrogens is 2. The monoisotopic (exact) mass is 493 g/mol. The van der Waals surface area contributed by atoms with Gasteiger partial charge in [-0.2, -0.15) is 5.10 Å². The van der Waals surface area contributed by atoms with E-state index >= 15 is 0 Å². The summed E-state index contributed by atoms with van der Waals surface area (Å²) < 4.78 is 20.6. The predicted molar refractivity (Wildman–Crippen MR) is 131 cm³/mol. The van der Waals surface area contributed by atoms with Crippen LogP contribution in [-0.4, -0.2) is 45.3 Å². The number of carboxylic acid groups (broad SMARTS) is 1. The second kappa shape index (κ2) is 11.5. The highest BCUT2D eigenvalue weighted by Gasteiger charge is 2.28. The maximum absolute atomic E-state index is 13.6. The van der Waals surface area contributed by atoms with Crippen molar-refractivity contribution in [2.75, 3.05) is 7.11 Å². The van der Waals surface area contributed by atoms with Crippen molar-refractivity contribution >= 4 is 12.0 Å². The van der Waals surface area contributed by atoms with Gasteiger partial charge in [-0.05, 0) is 73.7 Å². The zero-order valence-electron chi connectivity index (χ0n) is 20.1. The molecule has 0 saturated heterocycles. The number of carbonyl (C=O) groups excluding carboxylic acids is 1. The highest BCUT2D eigenvalue weighted by Crippen LogP contribution is 2.37. The Kier molecular flexibility index (Phi) is 8.18. The maximum atomic E-state index is 13.6. The third kappa shape index (κ3) is 6.19. The fraction of sp³-hybridized carbons (Fsp3) is 0.357. The van der Waals surface area contributed by atoms with E-state index < -0.39 is 24.6 Å². The van der Waals surface area contributed by atoms with E-state index in [4.69, 9.17) is 9.84 Å². The van der Waals surface area contributed by atoms with Gasteiger partial charge in [-0.1, -0.05) is 18.2 Å². The van der Waals surface area contributed by atoms with E-state index in [0.717, 1.165) is 48.4 Å². The van der Waals surface area contributed by atoms with E-state index in [0.29, 0.717) is 5.69 Å². The van der Waals surface area contributed by atoms with E-state index in [9.17, 15) is 24.5 Å². The second-order valence-corrected chi connectivity index (χ2v) is 9.17. The Morgan fingerprint density at radius 1 is 1.22 bits per heavy atom. The van der Waals surface area contributed by atoms with Gasteiger partial charge in [-0.15, -0.1) is 0 Å². The smallest absolute Gasteiger partial charge is 0.123 e. The summed E-state index contributed by atoms with van der Waals surface area (Å²) >= 11 is 0. The predicted octanol–water partition coefficient (Wildman–Crippen LogP) is 2.95. The van der Waals surface area contributed by atoms with Crippen LogP contribution in [0.15, 0.2) is 54.6 Å². The van der Waals surface area contributed by atoms with Gasteiger partial charge in [0.05, 0.1) is 36.4 Å². The first-order chi connectivity index (χ1) is 17.3. The first-order valence-corrected chi connectivity index (χ1v) is 12.1. The molecule has 3 atom stereocenters. The summed E-state index contributed by atoms with van der Waals surface area (Å²) in [5, 5.41) is 35.8. The summed E-state index contributed by atoms with van der Waals surface area (Å²) in [7, 11) is 1.64. The van der Waals surface area contributed by atoms with E-state index in [-0.39, 0.29) is 18.2 Å². The molecule has 190 valence electrons. The molecule has 1 aromatic heterocycles. The molecule has 1 unspecified atom stereocenters. The van der Waals surface area contributed by atoms with Gasteiger partial charge in [-0.25, -0.2) is 9.07 Å². The molecular formula is C28H30FN2O5-. The molecule has 0 bridgehead atoms. The number of rotatable bonds is 10. The zero-order chi connectivity index (χ0) is 25.7. The Balaban J connectivity index is 1.65. The number of carboxylic acids is 1. The van der Waals surface area contributed by atoms with E-state index in [2.05, 4.69) is 12.1 Å². The molecule has 2 N–H and O–H groups in total. The minimum absolute atomic E-state index is 0.128. The van der Waals surface area contributed by atoms with Crippen LogP contribution >= 0.6 is 0 Å². The molecule has 0 amide bonds. The molecule has 8 heteroatoms. The van der Waals surface area contributed by atoms with Crippen LogP contribution in [0.1, 0.15) is 54.1 Å². The summed E-state index contributed by atoms with van der Waals surface area (Å²) in [6.07, 6.45) is 3.96. The van der Waals surface area contributed by atoms with Crippen molar-refractivity contribution < 1.29 is 29.2 Å². The maximum Gasteiger partial charge on any atom is 0.123 e. The molecule has 1 heterocycles. The van der Waals surface area contributed by atoms with Gasteiger partial charge in [0.15, 0.2) is 0 Å². The van der Waals surface area contributed by atoms with Crippen LogP contribution in [0.2, 0.25) is 0 Å². The van der Waals surface area contributed by atoms with Crippen LogP contribution in [0.25, 0.3) is 11.8 Å². The van der Waals surface area contributed by atoms with Crippen LogP contribution in [0.5, 0.6) is 5.75 Å². The Labute approximate surface area is 209 Å². The standard InChI is InChI=1S/C28H31FN2O5/c1-36-24-12-5-18(6-13-24)15-19-3-2-4-25-26(14-11-22(32)16-23(33)17-27(34)35)31(30-28(19)25)21-9-7-20(29)8-10-21/h5-14,19,22-23,32-33H,2-4,15-17H2,1H3,(H,34,35)/p-1/b14-11+/t19?,22-,23-/m1/s1. The Morgan fingerprint density at radius 3 is 2.61 bits per heavy atom. The van der Waals surface area contributed by atoms with Crippen molar-refractivity contribution in [3.8, 4) is 11.4 Å². The molecule has 1 aliphatic rings. The van der Waals surface area contributed by atoms with Crippen LogP contribution in [0.3, 0.4) is 0 Å². The van der Waals surface area contributed by atoms with Gasteiger partial charge in [0, 0.05) is 30.3 Å². The minimum atomic E-state index is -1.37. The van der Waals surface area contributed by atoms with Crippen molar-refractivity contribution in [3.63, 3.8) is 0 Å². The fourth-order valence-electron chi connectivity index (χ4n) is 4.76. The SMILES string of the molecule is COc1ccc(CC2CCCc3c2nn(-c2ccc(F)cc2)c3/C=C/[C@@H](O)C[C@@H](O)CC(=O)[O-])cc1. The number of hydrogen-bond acceptors (Lipinski definition) is 6. The van der Waals surface area contributed by atoms with E-state index in [1.165, 1.54) is 23.8 Å². The number of methoxy groups -OCH3 is 1. The Hall–Kier alpha value is -3.49. The van der Waals surface area contributed by atoms with Crippen LogP contribution in [-0.2, 0) is 17.6 Å². The number of aliphatic hydroxyl groups is 2. The number of ether oxygens (including phenoxy) is 1. The zero-order valence-corrected chi connectivity index (χ0v) is 20.1. The Morgan fingerprint density at radius 2 is 1.94 bits per heavy atom. The highest BCUT2D eigenvalue weighted by molar-refractivity contribution is 5.64. The molecule has 2 aromatic carbocycles. The fourth-order valence-corrected chi connectivity index (χ4v) is 4.76. The summed E-state index contributed by atoms with van der Waals surface area (Å²) in [5.74, 6) is -0.710. The number of aliphatic hydroxyl groups excluding tert-OH is 2. The van der Waals surface area contributed by atoms with Crippen molar-refractivity contribution in [2.24, 2.45) is 0 Å². The molecule has 3 aromatic rings. The van der Waals surface area contributed by atoms with Gasteiger partial charge in [0.2, 0.25) is 0 Å². The lowest BCUT2D eigenvalue weighted by molar-refractivity contribution is -0.307. The van der Waals surface area contributed by atoms with Gasteiger partial charge in [-0.3, -0.25) is 0 Å². The largest absolute Gasteiger partial charge is 0.550 e. The lowest BCUT2D eigenvalue weighted by atomic mass is 9.83. The lowest BCUT2D eigenvalue weighted by Crippen LogP contribution is -2.29. The minimum Gasteiger partial charge on any atom is -0.550 e. The molecule has 0 fully saturated rings. The van der Waals surface area contributed by atoms with Crippen molar-refractivity contribution in [2.45, 2.75) is 56.7 Å². The molecule has 4 rings (SSSR count). The summed E-state index contributed by atoms with van der Waals surface area (Å²) in [6, 6.07) is 14.1. The van der Waals surface area contributed by atoms with Gasteiger partial charge in [0.1, 0.15) is 11.6 Å². The molecule has 0 saturated carbocycles. The topological polar surface area (TPSA) is 108 Å². The van der Waals surface area contributed by atoms with E-state index in [1.807, 2.05) is 12.1 Å². The van der Waals surface area contributed by atoms with E-state index in [1.54, 1.807) is 30.0 Å². The average molecular weight is 494 g/mol. The van der Waals surface area contributed by atoms with Gasteiger partial charge in [0.25, 0.3) is 0 Å². The van der Waals surface area contributed by atoms with Gasteiger partial charge >= 0.3 is 0 Å². The average Bonchev–Trinajstić information content (AvgIpc) is 3.22. The number of halogens is 1. The number of nitrogens with zero attached hydrogens (tertiary/aromatic N) is 2. The first kappa shape index (κ1) is 25.6. The quantitative estimate of drug-likeness (QED) is 0.450. The molecule has 7 nitrogen and oxygen atoms in total. The summed E-state index contributed by atoms with van der Waals surface area (Å²) in [4.78, 5) is 10.7. The Bertz CT molecular complexity index is 1200. The number of carbonyl (C=O) groups is 1. The molecule has 0 radical (unpaired) electrons. The third-order valence-electron chi connectivity index (χ3n) is 6.52. The molecule has 0 spiro atoms. The lowest BCUT2D eigenvalue weighted by Gasteiger charge is -2.21. The third-order valence-corrected chi connectivity index (χ3v) is 6.52. The van der Waals surface area contributed by atoms with Crippen molar-refractivity contribution in [3.05, 3.63) is 82.9 Å². The molecule has 36 heavy (non-hydrogen) atoms. The van der Waals surface area contributed by atoms with Crippen LogP contribution in [0, 0.1) is 5.82 Å². The highest BCUT2D eigenvalue weighted by atomic mass is 19.1. The molecule has 0 aliphatic heterocycles. The van der Waals surface area contributed by atoms with Crippen molar-refractivity contribution in [1.29, 1.82) is 0 Å². The summed E-state index contributed by atoms with van der Waals surface area (Å²) in [5.41, 5.74) is 4.71. The van der Waals surface area contributed by atoms with Crippen LogP contribution in [0.4, 0.5) is 4.39 Å².